The minimum absolute atomic E-state index is 0.0675. The van der Waals surface area contributed by atoms with Crippen LogP contribution in [0.3, 0.4) is 0 Å². The van der Waals surface area contributed by atoms with Crippen LogP contribution in [0.2, 0.25) is 0 Å². The summed E-state index contributed by atoms with van der Waals surface area (Å²) in [6.45, 7) is 19.3. The maximum absolute atomic E-state index is 13.5. The molecule has 0 aromatic heterocycles. The number of aliphatic hydroxyl groups excluding tert-OH is 2. The van der Waals surface area contributed by atoms with Gasteiger partial charge in [-0.05, 0) is 73.9 Å². The van der Waals surface area contributed by atoms with Crippen molar-refractivity contribution in [1.82, 2.24) is 9.80 Å². The molecule has 0 aromatic rings. The van der Waals surface area contributed by atoms with E-state index in [1.807, 2.05) is 52.8 Å². The van der Waals surface area contributed by atoms with Gasteiger partial charge in [0.2, 0.25) is 0 Å². The predicted octanol–water partition coefficient (Wildman–Crippen LogP) is 1.94. The molecule has 0 aliphatic carbocycles. The van der Waals surface area contributed by atoms with E-state index in [0.717, 1.165) is 0 Å². The average Bonchev–Trinajstić information content (AvgIpc) is 2.94. The van der Waals surface area contributed by atoms with Gasteiger partial charge in [-0.3, -0.25) is 9.69 Å². The Bertz CT molecular complexity index is 962. The third-order valence-corrected chi connectivity index (χ3v) is 10.3. The van der Waals surface area contributed by atoms with E-state index in [0.29, 0.717) is 26.0 Å². The smallest absolute Gasteiger partial charge is 0.311 e. The summed E-state index contributed by atoms with van der Waals surface area (Å²) in [7, 11) is 3.78. The van der Waals surface area contributed by atoms with Crippen molar-refractivity contribution in [2.24, 2.45) is 17.8 Å². The number of nitrogens with zero attached hydrogens (tertiary/aromatic N) is 2. The number of carbonyl (C=O) groups is 1. The zero-order valence-electron chi connectivity index (χ0n) is 28.6. The average molecular weight is 629 g/mol. The van der Waals surface area contributed by atoms with Crippen molar-refractivity contribution in [1.29, 1.82) is 0 Å². The fourth-order valence-corrected chi connectivity index (χ4v) is 7.78. The van der Waals surface area contributed by atoms with Gasteiger partial charge in [-0.15, -0.1) is 6.58 Å². The van der Waals surface area contributed by atoms with Gasteiger partial charge in [0.1, 0.15) is 23.9 Å². The van der Waals surface area contributed by atoms with Crippen molar-refractivity contribution < 1.29 is 44.2 Å². The predicted molar refractivity (Wildman–Crippen MR) is 167 cm³/mol. The number of cyclic esters (lactones) is 1. The van der Waals surface area contributed by atoms with Crippen LogP contribution in [-0.2, 0) is 23.7 Å². The van der Waals surface area contributed by atoms with Gasteiger partial charge in [-0.2, -0.15) is 0 Å². The molecular weight excluding hydrogens is 568 g/mol. The lowest BCUT2D eigenvalue weighted by Gasteiger charge is -2.50. The number of hydrogen-bond donors (Lipinski definition) is 4. The maximum Gasteiger partial charge on any atom is 0.311 e. The molecule has 3 rings (SSSR count). The summed E-state index contributed by atoms with van der Waals surface area (Å²) in [5, 5.41) is 46.8. The molecule has 0 aromatic carbocycles. The van der Waals surface area contributed by atoms with E-state index in [1.165, 1.54) is 0 Å². The molecule has 2 unspecified atom stereocenters. The zero-order chi connectivity index (χ0) is 33.3. The minimum Gasteiger partial charge on any atom is -0.459 e. The van der Waals surface area contributed by atoms with Gasteiger partial charge in [0.25, 0.3) is 0 Å². The molecule has 4 N–H and O–H groups in total. The second-order valence-electron chi connectivity index (χ2n) is 14.5. The molecule has 3 heterocycles. The normalized spacial score (nSPS) is 49.9. The van der Waals surface area contributed by atoms with Crippen LogP contribution in [0.15, 0.2) is 12.7 Å². The van der Waals surface area contributed by atoms with Gasteiger partial charge < -0.3 is 44.3 Å². The van der Waals surface area contributed by atoms with E-state index in [-0.39, 0.29) is 36.6 Å². The Morgan fingerprint density at radius 3 is 2.32 bits per heavy atom. The Labute approximate surface area is 264 Å². The van der Waals surface area contributed by atoms with Gasteiger partial charge in [0.05, 0.1) is 42.5 Å². The molecular formula is C33H60N2O9. The van der Waals surface area contributed by atoms with Crippen LogP contribution < -0.4 is 0 Å². The first kappa shape index (κ1) is 37.3. The Hall–Kier alpha value is -1.15. The van der Waals surface area contributed by atoms with E-state index < -0.39 is 65.8 Å². The largest absolute Gasteiger partial charge is 0.459 e. The highest BCUT2D eigenvalue weighted by Gasteiger charge is 2.52. The second-order valence-corrected chi connectivity index (χ2v) is 14.5. The van der Waals surface area contributed by atoms with Gasteiger partial charge in [0, 0.05) is 24.5 Å². The van der Waals surface area contributed by atoms with Crippen molar-refractivity contribution >= 4 is 5.97 Å². The molecule has 256 valence electrons. The standard InChI is InChI=1S/C33H60N2O9/c1-12-23-17-41-29-22(7)35(23)16-18(3)15-32(8,39)28(44-31-27(37)24(34(10)11)14-19(4)42-31)20(5)26(36)21(6)30(38)43-25(13-2)33(29,9)40/h12,18-29,31,36-37,39-40H,1,13-17H2,2-11H3/t18-,19-,20-,21-,22-,23?,24+,25+,26+,27-,28-,29+,31-,32-,33-/m1/s1. The van der Waals surface area contributed by atoms with E-state index in [4.69, 9.17) is 18.9 Å². The number of carbonyl (C=O) groups excluding carboxylic acids is 1. The monoisotopic (exact) mass is 628 g/mol. The van der Waals surface area contributed by atoms with Gasteiger partial charge in [-0.1, -0.05) is 26.8 Å². The molecule has 0 spiro atoms. The fourth-order valence-electron chi connectivity index (χ4n) is 7.78. The van der Waals surface area contributed by atoms with Crippen molar-refractivity contribution in [3.63, 3.8) is 0 Å². The highest BCUT2D eigenvalue weighted by atomic mass is 16.7. The minimum atomic E-state index is -1.51. The van der Waals surface area contributed by atoms with Gasteiger partial charge >= 0.3 is 5.97 Å². The zero-order valence-corrected chi connectivity index (χ0v) is 28.6. The van der Waals surface area contributed by atoms with Gasteiger partial charge in [-0.25, -0.2) is 0 Å². The molecule has 16 atom stereocenters. The summed E-state index contributed by atoms with van der Waals surface area (Å²) in [5.41, 5.74) is -3.00. The summed E-state index contributed by atoms with van der Waals surface area (Å²) < 4.78 is 24.7. The molecule has 0 radical (unpaired) electrons. The number of rotatable bonds is 5. The van der Waals surface area contributed by atoms with Crippen molar-refractivity contribution in [3.8, 4) is 0 Å². The Morgan fingerprint density at radius 2 is 1.75 bits per heavy atom. The number of fused-ring (bicyclic) bond motifs is 2. The molecule has 3 saturated heterocycles. The lowest BCUT2D eigenvalue weighted by Crippen LogP contribution is -2.65. The quantitative estimate of drug-likeness (QED) is 0.262. The van der Waals surface area contributed by atoms with Crippen LogP contribution in [0.1, 0.15) is 74.7 Å². The van der Waals surface area contributed by atoms with Crippen LogP contribution in [0.5, 0.6) is 0 Å². The topological polar surface area (TPSA) is 141 Å². The van der Waals surface area contributed by atoms with Crippen LogP contribution in [-0.4, -0.2) is 136 Å². The Kier molecular flexibility index (Phi) is 12.5. The Morgan fingerprint density at radius 1 is 1.11 bits per heavy atom. The number of aliphatic hydroxyl groups is 4. The summed E-state index contributed by atoms with van der Waals surface area (Å²) in [4.78, 5) is 17.7. The Balaban J connectivity index is 2.05. The molecule has 0 saturated carbocycles. The first-order valence-electron chi connectivity index (χ1n) is 16.4. The maximum atomic E-state index is 13.5. The van der Waals surface area contributed by atoms with E-state index in [2.05, 4.69) is 11.5 Å². The summed E-state index contributed by atoms with van der Waals surface area (Å²) >= 11 is 0. The first-order valence-corrected chi connectivity index (χ1v) is 16.4. The molecule has 0 amide bonds. The van der Waals surface area contributed by atoms with Crippen molar-refractivity contribution in [3.05, 3.63) is 12.7 Å². The van der Waals surface area contributed by atoms with Crippen LogP contribution >= 0.6 is 0 Å². The highest BCUT2D eigenvalue weighted by Crippen LogP contribution is 2.38. The molecule has 3 aliphatic rings. The number of esters is 1. The summed E-state index contributed by atoms with van der Waals surface area (Å²) in [6, 6.07) is -0.614. The molecule has 11 nitrogen and oxygen atoms in total. The fraction of sp³-hybridized carbons (Fsp3) is 0.909. The molecule has 2 bridgehead atoms. The number of likely N-dealkylation sites (N-methyl/N-ethyl adjacent to an activating group) is 1. The SMILES string of the molecule is C=CC1CO[C@H]2[C@@H](C)N1C[C@H](C)C[C@@](C)(O)[C@H](O[C@H]1O[C@H](C)C[C@H](N(C)C)[C@H]1O)[C@H](C)[C@H](O)[C@@H](C)C(=O)O[C@@H](CC)[C@@]2(C)O. The third kappa shape index (κ3) is 7.86. The number of ether oxygens (including phenoxy) is 4. The van der Waals surface area contributed by atoms with E-state index in [9.17, 15) is 25.2 Å². The van der Waals surface area contributed by atoms with Gasteiger partial charge in [0.15, 0.2) is 6.29 Å². The second kappa shape index (κ2) is 14.7. The van der Waals surface area contributed by atoms with Crippen LogP contribution in [0.25, 0.3) is 0 Å². The van der Waals surface area contributed by atoms with Crippen molar-refractivity contribution in [2.45, 2.75) is 147 Å². The first-order chi connectivity index (χ1) is 20.4. The molecule has 44 heavy (non-hydrogen) atoms. The summed E-state index contributed by atoms with van der Waals surface area (Å²) in [5.74, 6) is -2.50. The number of morpholine rings is 1. The highest BCUT2D eigenvalue weighted by molar-refractivity contribution is 5.73. The summed E-state index contributed by atoms with van der Waals surface area (Å²) in [6.07, 6.45) is -3.02. The lowest BCUT2D eigenvalue weighted by molar-refractivity contribution is -0.299. The van der Waals surface area contributed by atoms with Crippen LogP contribution in [0, 0.1) is 17.8 Å². The van der Waals surface area contributed by atoms with E-state index in [1.54, 1.807) is 27.7 Å². The lowest BCUT2D eigenvalue weighted by atomic mass is 9.78. The molecule has 3 fully saturated rings. The third-order valence-electron chi connectivity index (χ3n) is 10.3. The van der Waals surface area contributed by atoms with E-state index >= 15 is 0 Å². The van der Waals surface area contributed by atoms with Crippen LogP contribution in [0.4, 0.5) is 0 Å². The molecule has 11 heteroatoms. The number of hydrogen-bond acceptors (Lipinski definition) is 11. The van der Waals surface area contributed by atoms with Crippen molar-refractivity contribution in [2.75, 3.05) is 27.2 Å². The molecule has 3 aliphatic heterocycles.